The van der Waals surface area contributed by atoms with Gasteiger partial charge in [-0.1, -0.05) is 12.1 Å². The number of hydrazone groups is 1. The molecule has 28 heavy (non-hydrogen) atoms. The molecule has 2 rings (SSSR count). The summed E-state index contributed by atoms with van der Waals surface area (Å²) in [6, 6.07) is 7.89. The zero-order chi connectivity index (χ0) is 20.7. The number of nitrogens with zero attached hydrogens (tertiary/aromatic N) is 2. The Kier molecular flexibility index (Phi) is 6.91. The van der Waals surface area contributed by atoms with Crippen LogP contribution in [0.4, 0.5) is 5.69 Å². The summed E-state index contributed by atoms with van der Waals surface area (Å²) in [5.74, 6) is -0.274. The van der Waals surface area contributed by atoms with Crippen molar-refractivity contribution >= 4 is 17.8 Å². The van der Waals surface area contributed by atoms with E-state index in [1.54, 1.807) is 6.92 Å². The molecule has 2 N–H and O–H groups in total. The molecule has 0 fully saturated rings. The molecule has 9 heteroatoms. The molecule has 0 aliphatic rings. The summed E-state index contributed by atoms with van der Waals surface area (Å²) in [5, 5.41) is 24.8. The molecule has 0 saturated carbocycles. The van der Waals surface area contributed by atoms with E-state index in [2.05, 4.69) is 10.5 Å². The second-order valence-electron chi connectivity index (χ2n) is 5.92. The molecule has 148 valence electrons. The number of benzene rings is 2. The Bertz CT molecular complexity index is 911. The maximum absolute atomic E-state index is 11.9. The third kappa shape index (κ3) is 5.44. The maximum atomic E-state index is 11.9. The number of amides is 1. The first-order valence-electron chi connectivity index (χ1n) is 8.48. The van der Waals surface area contributed by atoms with E-state index in [1.165, 1.54) is 0 Å². The zero-order valence-electron chi connectivity index (χ0n) is 15.8. The van der Waals surface area contributed by atoms with Gasteiger partial charge in [-0.25, -0.2) is 5.43 Å². The minimum Gasteiger partial charge on any atom is -0.504 e. The summed E-state index contributed by atoms with van der Waals surface area (Å²) >= 11 is 0. The summed E-state index contributed by atoms with van der Waals surface area (Å²) < 4.78 is 10.6. The lowest BCUT2D eigenvalue weighted by molar-refractivity contribution is -0.385. The predicted octanol–water partition coefficient (Wildman–Crippen LogP) is 2.85. The number of carbonyl (C=O) groups excluding carboxylic acids is 1. The molecule has 0 aromatic heterocycles. The van der Waals surface area contributed by atoms with Crippen LogP contribution in [0.1, 0.15) is 23.6 Å². The molecule has 2 aromatic rings. The van der Waals surface area contributed by atoms with Gasteiger partial charge in [0, 0.05) is 11.6 Å². The van der Waals surface area contributed by atoms with Crippen LogP contribution in [0.5, 0.6) is 17.2 Å². The molecule has 1 amide bonds. The molecule has 2 aromatic carbocycles. The van der Waals surface area contributed by atoms with Crippen molar-refractivity contribution in [3.05, 3.63) is 57.1 Å². The Morgan fingerprint density at radius 2 is 2.00 bits per heavy atom. The molecule has 0 bridgehead atoms. The highest BCUT2D eigenvalue weighted by Crippen LogP contribution is 2.33. The summed E-state index contributed by atoms with van der Waals surface area (Å²) in [7, 11) is 0. The Morgan fingerprint density at radius 1 is 1.25 bits per heavy atom. The average Bonchev–Trinajstić information content (AvgIpc) is 2.65. The molecule has 0 saturated heterocycles. The first-order chi connectivity index (χ1) is 13.3. The second-order valence-corrected chi connectivity index (χ2v) is 5.92. The predicted molar refractivity (Wildman–Crippen MR) is 103 cm³/mol. The summed E-state index contributed by atoms with van der Waals surface area (Å²) in [6.45, 7) is 5.43. The molecule has 0 radical (unpaired) electrons. The van der Waals surface area contributed by atoms with Crippen molar-refractivity contribution in [2.24, 2.45) is 5.10 Å². The normalized spacial score (nSPS) is 10.7. The molecular formula is C19H21N3O6. The van der Waals surface area contributed by atoms with E-state index in [-0.39, 0.29) is 36.0 Å². The van der Waals surface area contributed by atoms with Crippen molar-refractivity contribution in [2.45, 2.75) is 20.8 Å². The minimum absolute atomic E-state index is 0.0356. The maximum Gasteiger partial charge on any atom is 0.277 e. The average molecular weight is 387 g/mol. The van der Waals surface area contributed by atoms with Crippen molar-refractivity contribution in [3.8, 4) is 17.2 Å². The van der Waals surface area contributed by atoms with E-state index < -0.39 is 10.8 Å². The SMILES string of the molecule is CCOc1cc([N+](=O)[O-])cc(/C=N\NC(=O)COc2cc(C)ccc2C)c1O. The summed E-state index contributed by atoms with van der Waals surface area (Å²) in [5.41, 5.74) is 3.91. The van der Waals surface area contributed by atoms with Gasteiger partial charge in [0.05, 0.1) is 23.8 Å². The molecule has 9 nitrogen and oxygen atoms in total. The van der Waals surface area contributed by atoms with Crippen LogP contribution in [0.25, 0.3) is 0 Å². The first kappa shape index (κ1) is 20.7. The number of hydrogen-bond donors (Lipinski definition) is 2. The standard InChI is InChI=1S/C19H21N3O6/c1-4-27-17-9-15(22(25)26)8-14(19(17)24)10-20-21-18(23)11-28-16-7-12(2)5-6-13(16)3/h5-10,24H,4,11H2,1-3H3,(H,21,23)/b20-10-. The van der Waals surface area contributed by atoms with E-state index in [9.17, 15) is 20.0 Å². The van der Waals surface area contributed by atoms with E-state index >= 15 is 0 Å². The lowest BCUT2D eigenvalue weighted by Gasteiger charge is -2.09. The Hall–Kier alpha value is -3.62. The largest absolute Gasteiger partial charge is 0.504 e. The molecule has 0 aliphatic heterocycles. The van der Waals surface area contributed by atoms with Gasteiger partial charge >= 0.3 is 0 Å². The Morgan fingerprint density at radius 3 is 2.68 bits per heavy atom. The van der Waals surface area contributed by atoms with E-state index in [0.29, 0.717) is 5.75 Å². The summed E-state index contributed by atoms with van der Waals surface area (Å²) in [6.07, 6.45) is 1.10. The number of carbonyl (C=O) groups is 1. The first-order valence-corrected chi connectivity index (χ1v) is 8.48. The van der Waals surface area contributed by atoms with Crippen molar-refractivity contribution in [3.63, 3.8) is 0 Å². The van der Waals surface area contributed by atoms with Crippen molar-refractivity contribution in [1.29, 1.82) is 0 Å². The van der Waals surface area contributed by atoms with Crippen LogP contribution in [-0.4, -0.2) is 35.4 Å². The highest BCUT2D eigenvalue weighted by Gasteiger charge is 2.16. The van der Waals surface area contributed by atoms with Crippen LogP contribution < -0.4 is 14.9 Å². The second kappa shape index (κ2) is 9.36. The number of hydrogen-bond acceptors (Lipinski definition) is 7. The highest BCUT2D eigenvalue weighted by atomic mass is 16.6. The van der Waals surface area contributed by atoms with Gasteiger partial charge in [0.25, 0.3) is 11.6 Å². The number of phenolic OH excluding ortho intramolecular Hbond substituents is 1. The van der Waals surface area contributed by atoms with Gasteiger partial charge in [-0.15, -0.1) is 0 Å². The number of aromatic hydroxyl groups is 1. The number of aryl methyl sites for hydroxylation is 2. The zero-order valence-corrected chi connectivity index (χ0v) is 15.8. The van der Waals surface area contributed by atoms with Crippen LogP contribution in [-0.2, 0) is 4.79 Å². The number of nitro groups is 1. The van der Waals surface area contributed by atoms with Crippen LogP contribution in [0.15, 0.2) is 35.4 Å². The fourth-order valence-electron chi connectivity index (χ4n) is 2.30. The molecule has 0 heterocycles. The van der Waals surface area contributed by atoms with Crippen LogP contribution in [0.2, 0.25) is 0 Å². The number of rotatable bonds is 8. The van der Waals surface area contributed by atoms with Crippen LogP contribution in [0.3, 0.4) is 0 Å². The van der Waals surface area contributed by atoms with Gasteiger partial charge < -0.3 is 14.6 Å². The fourth-order valence-corrected chi connectivity index (χ4v) is 2.30. The monoisotopic (exact) mass is 387 g/mol. The van der Waals surface area contributed by atoms with Crippen molar-refractivity contribution in [1.82, 2.24) is 5.43 Å². The quantitative estimate of drug-likeness (QED) is 0.408. The smallest absolute Gasteiger partial charge is 0.277 e. The number of nitrogens with one attached hydrogen (secondary N) is 1. The van der Waals surface area contributed by atoms with E-state index in [4.69, 9.17) is 9.47 Å². The van der Waals surface area contributed by atoms with Gasteiger partial charge in [0.2, 0.25) is 0 Å². The molecular weight excluding hydrogens is 366 g/mol. The van der Waals surface area contributed by atoms with Gasteiger partial charge in [-0.2, -0.15) is 5.10 Å². The highest BCUT2D eigenvalue weighted by molar-refractivity contribution is 5.87. The third-order valence-corrected chi connectivity index (χ3v) is 3.70. The third-order valence-electron chi connectivity index (χ3n) is 3.70. The molecule has 0 aliphatic carbocycles. The van der Waals surface area contributed by atoms with Gasteiger partial charge in [-0.3, -0.25) is 14.9 Å². The number of phenols is 1. The van der Waals surface area contributed by atoms with Crippen molar-refractivity contribution in [2.75, 3.05) is 13.2 Å². The number of nitro benzene ring substituents is 1. The minimum atomic E-state index is -0.615. The lowest BCUT2D eigenvalue weighted by atomic mass is 10.1. The van der Waals surface area contributed by atoms with E-state index in [1.807, 2.05) is 32.0 Å². The lowest BCUT2D eigenvalue weighted by Crippen LogP contribution is -2.24. The number of non-ortho nitro benzene ring substituents is 1. The fraction of sp³-hybridized carbons (Fsp3) is 0.263. The van der Waals surface area contributed by atoms with Gasteiger partial charge in [0.15, 0.2) is 18.1 Å². The molecule has 0 atom stereocenters. The molecule has 0 unspecified atom stereocenters. The van der Waals surface area contributed by atoms with Crippen molar-refractivity contribution < 1.29 is 24.3 Å². The Labute approximate surface area is 161 Å². The van der Waals surface area contributed by atoms with Crippen LogP contribution >= 0.6 is 0 Å². The number of ether oxygens (including phenoxy) is 2. The van der Waals surface area contributed by atoms with Gasteiger partial charge in [0.1, 0.15) is 5.75 Å². The van der Waals surface area contributed by atoms with E-state index in [0.717, 1.165) is 29.5 Å². The van der Waals surface area contributed by atoms with Gasteiger partial charge in [-0.05, 0) is 38.0 Å². The topological polar surface area (TPSA) is 123 Å². The van der Waals surface area contributed by atoms with Crippen LogP contribution in [0, 0.1) is 24.0 Å². The summed E-state index contributed by atoms with van der Waals surface area (Å²) in [4.78, 5) is 22.3. The Balaban J connectivity index is 2.04. The molecule has 0 spiro atoms.